The molecule has 0 spiro atoms. The van der Waals surface area contributed by atoms with Gasteiger partial charge in [0.1, 0.15) is 6.10 Å². The minimum absolute atomic E-state index is 0.0132. The van der Waals surface area contributed by atoms with Crippen LogP contribution in [0, 0.1) is 0 Å². The summed E-state index contributed by atoms with van der Waals surface area (Å²) in [5.74, 6) is -0.117. The van der Waals surface area contributed by atoms with E-state index in [0.717, 1.165) is 33.6 Å². The highest BCUT2D eigenvalue weighted by atomic mass is 32.1. The van der Waals surface area contributed by atoms with E-state index >= 15 is 0 Å². The second-order valence-corrected chi connectivity index (χ2v) is 8.86. The van der Waals surface area contributed by atoms with Gasteiger partial charge in [-0.1, -0.05) is 11.3 Å². The molecule has 0 bridgehead atoms. The average molecular weight is 415 g/mol. The lowest BCUT2D eigenvalue weighted by atomic mass is 10.1. The Labute approximate surface area is 169 Å². The fourth-order valence-electron chi connectivity index (χ4n) is 3.56. The Balaban J connectivity index is 1.30. The topological polar surface area (TPSA) is 84.4 Å². The van der Waals surface area contributed by atoms with Gasteiger partial charge in [-0.15, -0.1) is 11.3 Å². The van der Waals surface area contributed by atoms with E-state index in [0.29, 0.717) is 36.8 Å². The third-order valence-electron chi connectivity index (χ3n) is 5.05. The molecule has 2 aromatic heterocycles. The van der Waals surface area contributed by atoms with Crippen LogP contribution in [-0.4, -0.2) is 45.9 Å². The number of carbonyl (C=O) groups excluding carboxylic acids is 2. The number of fused-ring (bicyclic) bond motifs is 2. The Kier molecular flexibility index (Phi) is 4.58. The maximum absolute atomic E-state index is 12.9. The molecule has 9 heteroatoms. The molecule has 1 N–H and O–H groups in total. The van der Waals surface area contributed by atoms with Crippen molar-refractivity contribution in [1.29, 1.82) is 0 Å². The van der Waals surface area contributed by atoms with Crippen molar-refractivity contribution in [2.75, 3.05) is 18.5 Å². The molecule has 1 saturated heterocycles. The standard InChI is InChI=1S/C19H18N4O3S2/c24-17(14-2-1-7-26-14)22-19-21-13-5-6-23(9-16(13)28-19)18(25)11-3-4-12-15(8-11)27-10-20-12/h3-4,8,10,14H,1-2,5-7,9H2,(H,21,22,24). The summed E-state index contributed by atoms with van der Waals surface area (Å²) in [4.78, 5) is 36.9. The SMILES string of the molecule is O=C(Nc1nc2c(s1)CN(C(=O)c1ccc3ncsc3c1)CC2)C1CCCO1. The highest BCUT2D eigenvalue weighted by Crippen LogP contribution is 2.30. The normalized spacial score (nSPS) is 19.0. The van der Waals surface area contributed by atoms with Gasteiger partial charge in [0.25, 0.3) is 11.8 Å². The number of carbonyl (C=O) groups is 2. The largest absolute Gasteiger partial charge is 0.368 e. The van der Waals surface area contributed by atoms with E-state index in [1.54, 1.807) is 5.51 Å². The number of nitrogens with zero attached hydrogens (tertiary/aromatic N) is 3. The number of hydrogen-bond acceptors (Lipinski definition) is 7. The average Bonchev–Trinajstić information content (AvgIpc) is 3.45. The van der Waals surface area contributed by atoms with E-state index in [4.69, 9.17) is 4.74 Å². The predicted molar refractivity (Wildman–Crippen MR) is 108 cm³/mol. The molecule has 144 valence electrons. The van der Waals surface area contributed by atoms with Crippen molar-refractivity contribution in [2.45, 2.75) is 31.9 Å². The van der Waals surface area contributed by atoms with E-state index in [-0.39, 0.29) is 17.9 Å². The summed E-state index contributed by atoms with van der Waals surface area (Å²) in [7, 11) is 0. The molecule has 1 atom stereocenters. The van der Waals surface area contributed by atoms with E-state index in [1.807, 2.05) is 23.1 Å². The molecule has 0 aliphatic carbocycles. The maximum Gasteiger partial charge on any atom is 0.255 e. The first-order valence-corrected chi connectivity index (χ1v) is 10.9. The van der Waals surface area contributed by atoms with Gasteiger partial charge in [-0.3, -0.25) is 14.9 Å². The zero-order valence-electron chi connectivity index (χ0n) is 15.0. The Morgan fingerprint density at radius 1 is 1.32 bits per heavy atom. The molecule has 2 aliphatic rings. The van der Waals surface area contributed by atoms with Crippen LogP contribution in [0.2, 0.25) is 0 Å². The molecule has 1 aromatic carbocycles. The molecule has 4 heterocycles. The lowest BCUT2D eigenvalue weighted by molar-refractivity contribution is -0.124. The maximum atomic E-state index is 12.9. The summed E-state index contributed by atoms with van der Waals surface area (Å²) in [6.45, 7) is 1.77. The Hall–Kier alpha value is -2.36. The van der Waals surface area contributed by atoms with Gasteiger partial charge in [-0.25, -0.2) is 9.97 Å². The van der Waals surface area contributed by atoms with Crippen LogP contribution < -0.4 is 5.32 Å². The summed E-state index contributed by atoms with van der Waals surface area (Å²) >= 11 is 2.98. The number of hydrogen-bond donors (Lipinski definition) is 1. The molecule has 1 unspecified atom stereocenters. The third-order valence-corrected chi connectivity index (χ3v) is 6.84. The predicted octanol–water partition coefficient (Wildman–Crippen LogP) is 3.07. The number of ether oxygens (including phenoxy) is 1. The fourth-order valence-corrected chi connectivity index (χ4v) is 5.31. The second-order valence-electron chi connectivity index (χ2n) is 6.89. The monoisotopic (exact) mass is 414 g/mol. The first kappa shape index (κ1) is 17.7. The van der Waals surface area contributed by atoms with Gasteiger partial charge in [0.15, 0.2) is 5.13 Å². The summed E-state index contributed by atoms with van der Waals surface area (Å²) in [6.07, 6.45) is 1.98. The molecular weight excluding hydrogens is 396 g/mol. The number of benzene rings is 1. The molecule has 1 fully saturated rings. The van der Waals surface area contributed by atoms with Crippen molar-refractivity contribution >= 4 is 49.8 Å². The first-order chi connectivity index (χ1) is 13.7. The summed E-state index contributed by atoms with van der Waals surface area (Å²) in [5, 5.41) is 3.46. The first-order valence-electron chi connectivity index (χ1n) is 9.21. The molecule has 3 aromatic rings. The number of amides is 2. The smallest absolute Gasteiger partial charge is 0.255 e. The van der Waals surface area contributed by atoms with Gasteiger partial charge in [-0.05, 0) is 31.0 Å². The van der Waals surface area contributed by atoms with Gasteiger partial charge in [0.2, 0.25) is 0 Å². The van der Waals surface area contributed by atoms with E-state index < -0.39 is 0 Å². The molecule has 0 saturated carbocycles. The van der Waals surface area contributed by atoms with Crippen LogP contribution in [0.15, 0.2) is 23.7 Å². The number of rotatable bonds is 3. The lowest BCUT2D eigenvalue weighted by Gasteiger charge is -2.26. The number of anilines is 1. The van der Waals surface area contributed by atoms with E-state index in [2.05, 4.69) is 15.3 Å². The quantitative estimate of drug-likeness (QED) is 0.712. The molecule has 5 rings (SSSR count). The summed E-state index contributed by atoms with van der Waals surface area (Å²) < 4.78 is 6.43. The Morgan fingerprint density at radius 3 is 3.11 bits per heavy atom. The zero-order valence-corrected chi connectivity index (χ0v) is 16.6. The van der Waals surface area contributed by atoms with E-state index in [9.17, 15) is 9.59 Å². The number of thiazole rings is 2. The number of nitrogens with one attached hydrogen (secondary N) is 1. The fraction of sp³-hybridized carbons (Fsp3) is 0.368. The van der Waals surface area contributed by atoms with Crippen LogP contribution in [0.3, 0.4) is 0 Å². The molecule has 0 radical (unpaired) electrons. The summed E-state index contributed by atoms with van der Waals surface area (Å²) in [6, 6.07) is 5.63. The molecule has 28 heavy (non-hydrogen) atoms. The lowest BCUT2D eigenvalue weighted by Crippen LogP contribution is -2.35. The van der Waals surface area contributed by atoms with Crippen molar-refractivity contribution in [3.8, 4) is 0 Å². The Bertz CT molecular complexity index is 1050. The summed E-state index contributed by atoms with van der Waals surface area (Å²) in [5.41, 5.74) is 4.35. The van der Waals surface area contributed by atoms with Crippen molar-refractivity contribution in [1.82, 2.24) is 14.9 Å². The number of aromatic nitrogens is 2. The van der Waals surface area contributed by atoms with Crippen LogP contribution in [0.25, 0.3) is 10.2 Å². The van der Waals surface area contributed by atoms with Crippen molar-refractivity contribution in [3.63, 3.8) is 0 Å². The zero-order chi connectivity index (χ0) is 19.1. The van der Waals surface area contributed by atoms with Gasteiger partial charge in [0, 0.05) is 30.0 Å². The van der Waals surface area contributed by atoms with E-state index in [1.165, 1.54) is 22.7 Å². The molecule has 7 nitrogen and oxygen atoms in total. The van der Waals surface area contributed by atoms with Crippen molar-refractivity contribution in [2.24, 2.45) is 0 Å². The Morgan fingerprint density at radius 2 is 2.25 bits per heavy atom. The minimum atomic E-state index is -0.374. The van der Waals surface area contributed by atoms with Crippen LogP contribution >= 0.6 is 22.7 Å². The van der Waals surface area contributed by atoms with Crippen LogP contribution in [0.5, 0.6) is 0 Å². The molecular formula is C19H18N4O3S2. The van der Waals surface area contributed by atoms with Gasteiger partial charge in [0.05, 0.1) is 28.0 Å². The minimum Gasteiger partial charge on any atom is -0.368 e. The van der Waals surface area contributed by atoms with Gasteiger partial charge >= 0.3 is 0 Å². The van der Waals surface area contributed by atoms with Crippen LogP contribution in [-0.2, 0) is 22.5 Å². The van der Waals surface area contributed by atoms with Gasteiger partial charge in [-0.2, -0.15) is 0 Å². The highest BCUT2D eigenvalue weighted by Gasteiger charge is 2.28. The van der Waals surface area contributed by atoms with Crippen LogP contribution in [0.4, 0.5) is 5.13 Å². The molecule has 2 amide bonds. The van der Waals surface area contributed by atoms with Crippen LogP contribution in [0.1, 0.15) is 33.8 Å². The highest BCUT2D eigenvalue weighted by molar-refractivity contribution is 7.16. The molecule has 2 aliphatic heterocycles. The second kappa shape index (κ2) is 7.23. The van der Waals surface area contributed by atoms with Crippen molar-refractivity contribution in [3.05, 3.63) is 39.8 Å². The third kappa shape index (κ3) is 3.30. The van der Waals surface area contributed by atoms with Crippen molar-refractivity contribution < 1.29 is 14.3 Å². The van der Waals surface area contributed by atoms with Gasteiger partial charge < -0.3 is 9.64 Å².